The smallest absolute Gasteiger partial charge is 0.389 e. The van der Waals surface area contributed by atoms with Gasteiger partial charge in [-0.25, -0.2) is 0 Å². The number of aliphatic hydroxyl groups is 3. The van der Waals surface area contributed by atoms with Crippen LogP contribution in [-0.4, -0.2) is 52.8 Å². The zero-order valence-corrected chi connectivity index (χ0v) is 8.42. The monoisotopic (exact) mass is 245 g/mol. The maximum absolute atomic E-state index is 11.8. The molecule has 0 aromatic rings. The van der Waals surface area contributed by atoms with Gasteiger partial charge in [0.05, 0.1) is 26.2 Å². The molecule has 0 atom stereocenters. The van der Waals surface area contributed by atoms with Crippen LogP contribution in [0.3, 0.4) is 0 Å². The Labute approximate surface area is 89.9 Å². The van der Waals surface area contributed by atoms with Crippen LogP contribution in [0, 0.1) is 0 Å². The minimum Gasteiger partial charge on any atom is -0.394 e. The van der Waals surface area contributed by atoms with Crippen LogP contribution in [0.25, 0.3) is 0 Å². The first-order valence-electron chi connectivity index (χ1n) is 4.49. The number of halogens is 3. The number of alkyl halides is 3. The summed E-state index contributed by atoms with van der Waals surface area (Å²) in [6.07, 6.45) is -6.56. The molecule has 0 aliphatic heterocycles. The van der Waals surface area contributed by atoms with E-state index in [0.717, 1.165) is 0 Å². The zero-order chi connectivity index (χ0) is 12.8. The summed E-state index contributed by atoms with van der Waals surface area (Å²) in [5.41, 5.74) is -1.68. The predicted octanol–water partition coefficient (Wildman–Crippen LogP) is -0.839. The molecule has 5 nitrogen and oxygen atoms in total. The summed E-state index contributed by atoms with van der Waals surface area (Å²) in [4.78, 5) is 11.0. The number of carbonyl (C=O) groups is 1. The lowest BCUT2D eigenvalue weighted by Crippen LogP contribution is -2.57. The van der Waals surface area contributed by atoms with Gasteiger partial charge in [0.2, 0.25) is 5.91 Å². The van der Waals surface area contributed by atoms with Gasteiger partial charge in [-0.1, -0.05) is 0 Å². The Bertz CT molecular complexity index is 220. The summed E-state index contributed by atoms with van der Waals surface area (Å²) >= 11 is 0. The first-order chi connectivity index (χ1) is 7.28. The van der Waals surface area contributed by atoms with Crippen LogP contribution in [0.5, 0.6) is 0 Å². The van der Waals surface area contributed by atoms with E-state index in [9.17, 15) is 18.0 Å². The van der Waals surface area contributed by atoms with Crippen LogP contribution < -0.4 is 5.32 Å². The van der Waals surface area contributed by atoms with Crippen LogP contribution in [0.15, 0.2) is 0 Å². The molecular weight excluding hydrogens is 231 g/mol. The van der Waals surface area contributed by atoms with Crippen molar-refractivity contribution in [2.75, 3.05) is 19.8 Å². The van der Waals surface area contributed by atoms with E-state index < -0.39 is 50.3 Å². The highest BCUT2D eigenvalue weighted by Gasteiger charge is 2.32. The average molecular weight is 245 g/mol. The van der Waals surface area contributed by atoms with Crippen molar-refractivity contribution in [2.24, 2.45) is 0 Å². The van der Waals surface area contributed by atoms with E-state index in [1.165, 1.54) is 0 Å². The SMILES string of the molecule is O=C(CCC(F)(F)F)NC(CO)(CO)CO. The van der Waals surface area contributed by atoms with Crippen LogP contribution in [0.1, 0.15) is 12.8 Å². The largest absolute Gasteiger partial charge is 0.394 e. The van der Waals surface area contributed by atoms with E-state index in [0.29, 0.717) is 0 Å². The molecule has 1 amide bonds. The van der Waals surface area contributed by atoms with E-state index >= 15 is 0 Å². The summed E-state index contributed by atoms with van der Waals surface area (Å²) in [5, 5.41) is 28.4. The second kappa shape index (κ2) is 6.02. The fraction of sp³-hybridized carbons (Fsp3) is 0.875. The Hall–Kier alpha value is -0.860. The molecule has 0 aliphatic rings. The van der Waals surface area contributed by atoms with Crippen LogP contribution >= 0.6 is 0 Å². The number of nitrogens with one attached hydrogen (secondary N) is 1. The Balaban J connectivity index is 4.21. The summed E-state index contributed by atoms with van der Waals surface area (Å²) in [6, 6.07) is 0. The highest BCUT2D eigenvalue weighted by molar-refractivity contribution is 5.76. The van der Waals surface area contributed by atoms with Crippen molar-refractivity contribution >= 4 is 5.91 Å². The lowest BCUT2D eigenvalue weighted by atomic mass is 10.0. The highest BCUT2D eigenvalue weighted by atomic mass is 19.4. The molecule has 0 aromatic carbocycles. The second-order valence-corrected chi connectivity index (χ2v) is 3.42. The normalized spacial score (nSPS) is 12.6. The number of aliphatic hydroxyl groups excluding tert-OH is 3. The van der Waals surface area contributed by atoms with Crippen molar-refractivity contribution in [1.29, 1.82) is 0 Å². The Morgan fingerprint density at radius 2 is 1.50 bits per heavy atom. The Morgan fingerprint density at radius 3 is 1.81 bits per heavy atom. The summed E-state index contributed by atoms with van der Waals surface area (Å²) < 4.78 is 35.3. The van der Waals surface area contributed by atoms with E-state index in [1.807, 2.05) is 5.32 Å². The van der Waals surface area contributed by atoms with Crippen molar-refractivity contribution in [3.05, 3.63) is 0 Å². The fourth-order valence-electron chi connectivity index (χ4n) is 0.882. The number of hydrogen-bond donors (Lipinski definition) is 4. The van der Waals surface area contributed by atoms with Gasteiger partial charge in [0.15, 0.2) is 0 Å². The molecule has 0 radical (unpaired) electrons. The van der Waals surface area contributed by atoms with E-state index in [4.69, 9.17) is 15.3 Å². The molecular formula is C8H14F3NO4. The van der Waals surface area contributed by atoms with Gasteiger partial charge in [-0.3, -0.25) is 4.79 Å². The van der Waals surface area contributed by atoms with E-state index in [2.05, 4.69) is 0 Å². The number of amides is 1. The average Bonchev–Trinajstić information content (AvgIpc) is 2.22. The van der Waals surface area contributed by atoms with Crippen LogP contribution in [0.4, 0.5) is 13.2 Å². The molecule has 0 aromatic heterocycles. The van der Waals surface area contributed by atoms with Gasteiger partial charge in [-0.05, 0) is 0 Å². The molecule has 0 bridgehead atoms. The molecule has 0 spiro atoms. The maximum Gasteiger partial charge on any atom is 0.389 e. The third-order valence-corrected chi connectivity index (χ3v) is 1.95. The zero-order valence-electron chi connectivity index (χ0n) is 8.42. The molecule has 0 rings (SSSR count). The number of carbonyl (C=O) groups excluding carboxylic acids is 1. The van der Waals surface area contributed by atoms with Gasteiger partial charge in [0, 0.05) is 6.42 Å². The molecule has 0 heterocycles. The number of rotatable bonds is 6. The van der Waals surface area contributed by atoms with Gasteiger partial charge in [0.1, 0.15) is 5.54 Å². The molecule has 0 fully saturated rings. The van der Waals surface area contributed by atoms with Gasteiger partial charge >= 0.3 is 6.18 Å². The highest BCUT2D eigenvalue weighted by Crippen LogP contribution is 2.21. The molecule has 4 N–H and O–H groups in total. The van der Waals surface area contributed by atoms with Gasteiger partial charge in [0.25, 0.3) is 0 Å². The molecule has 8 heteroatoms. The topological polar surface area (TPSA) is 89.8 Å². The quantitative estimate of drug-likeness (QED) is 0.491. The lowest BCUT2D eigenvalue weighted by molar-refractivity contribution is -0.145. The molecule has 0 saturated carbocycles. The minimum atomic E-state index is -4.45. The fourth-order valence-corrected chi connectivity index (χ4v) is 0.882. The second-order valence-electron chi connectivity index (χ2n) is 3.42. The van der Waals surface area contributed by atoms with Crippen molar-refractivity contribution in [3.63, 3.8) is 0 Å². The molecule has 96 valence electrons. The van der Waals surface area contributed by atoms with Crippen molar-refractivity contribution < 1.29 is 33.3 Å². The predicted molar refractivity (Wildman–Crippen MR) is 47.4 cm³/mol. The van der Waals surface area contributed by atoms with Gasteiger partial charge < -0.3 is 20.6 Å². The third kappa shape index (κ3) is 5.29. The molecule has 0 unspecified atom stereocenters. The van der Waals surface area contributed by atoms with E-state index in [-0.39, 0.29) is 0 Å². The Kier molecular flexibility index (Phi) is 5.70. The third-order valence-electron chi connectivity index (χ3n) is 1.95. The lowest BCUT2D eigenvalue weighted by Gasteiger charge is -2.28. The van der Waals surface area contributed by atoms with Gasteiger partial charge in [-0.15, -0.1) is 0 Å². The van der Waals surface area contributed by atoms with Crippen LogP contribution in [-0.2, 0) is 4.79 Å². The van der Waals surface area contributed by atoms with Crippen molar-refractivity contribution in [3.8, 4) is 0 Å². The van der Waals surface area contributed by atoms with Gasteiger partial charge in [-0.2, -0.15) is 13.2 Å². The standard InChI is InChI=1S/C8H14F3NO4/c9-8(10,11)2-1-6(16)12-7(3-13,4-14)5-15/h13-15H,1-5H2,(H,12,16). The maximum atomic E-state index is 11.8. The first-order valence-corrected chi connectivity index (χ1v) is 4.49. The summed E-state index contributed by atoms with van der Waals surface area (Å²) in [6.45, 7) is -2.30. The van der Waals surface area contributed by atoms with Crippen LogP contribution in [0.2, 0.25) is 0 Å². The van der Waals surface area contributed by atoms with E-state index in [1.54, 1.807) is 0 Å². The number of hydrogen-bond acceptors (Lipinski definition) is 4. The summed E-state index contributed by atoms with van der Waals surface area (Å²) in [5.74, 6) is -0.991. The molecule has 16 heavy (non-hydrogen) atoms. The summed E-state index contributed by atoms with van der Waals surface area (Å²) in [7, 11) is 0. The van der Waals surface area contributed by atoms with Crippen molar-refractivity contribution in [2.45, 2.75) is 24.6 Å². The molecule has 0 aliphatic carbocycles. The Morgan fingerprint density at radius 1 is 1.06 bits per heavy atom. The first kappa shape index (κ1) is 15.1. The molecule has 0 saturated heterocycles. The minimum absolute atomic E-state index is 0.766. The van der Waals surface area contributed by atoms with Crippen molar-refractivity contribution in [1.82, 2.24) is 5.32 Å².